The molecule has 0 bridgehead atoms. The van der Waals surface area contributed by atoms with E-state index in [0.29, 0.717) is 12.3 Å². The summed E-state index contributed by atoms with van der Waals surface area (Å²) in [6.45, 7) is 5.54. The molecule has 1 heterocycles. The van der Waals surface area contributed by atoms with Crippen LogP contribution in [0.2, 0.25) is 0 Å². The maximum atomic E-state index is 12.8. The van der Waals surface area contributed by atoms with Gasteiger partial charge in [-0.15, -0.1) is 0 Å². The number of hydrogen-bond donors (Lipinski definition) is 1. The number of benzene rings is 2. The van der Waals surface area contributed by atoms with Crippen molar-refractivity contribution in [3.8, 4) is 5.75 Å². The Kier molecular flexibility index (Phi) is 6.17. The van der Waals surface area contributed by atoms with Crippen molar-refractivity contribution in [1.82, 2.24) is 9.13 Å². The second-order valence-electron chi connectivity index (χ2n) is 7.19. The number of hydrogen-bond acceptors (Lipinski definition) is 2. The van der Waals surface area contributed by atoms with E-state index < -0.39 is 0 Å². The fraction of sp³-hybridized carbons (Fsp3) is 0.348. The lowest BCUT2D eigenvalue weighted by Gasteiger charge is -2.06. The van der Waals surface area contributed by atoms with Crippen molar-refractivity contribution in [2.45, 2.75) is 52.6 Å². The molecule has 142 valence electrons. The van der Waals surface area contributed by atoms with Crippen LogP contribution in [0.4, 0.5) is 0 Å². The molecule has 0 saturated carbocycles. The molecule has 0 spiro atoms. The lowest BCUT2D eigenvalue weighted by atomic mass is 10.1. The van der Waals surface area contributed by atoms with E-state index >= 15 is 0 Å². The van der Waals surface area contributed by atoms with E-state index in [4.69, 9.17) is 0 Å². The van der Waals surface area contributed by atoms with Gasteiger partial charge in [-0.1, -0.05) is 48.9 Å². The third kappa shape index (κ3) is 4.91. The fourth-order valence-electron chi connectivity index (χ4n) is 3.38. The van der Waals surface area contributed by atoms with Gasteiger partial charge in [0.15, 0.2) is 0 Å². The standard InChI is InChI=1S/C23H28N2O2/c1-3-15-25-21(6-4-5-19-11-13-22(26)14-12-19)17-24(23(25)27)16-20-9-7-18(2)8-10-20/h7-14,17,26H,3-6,15-16H2,1-2H3. The average Bonchev–Trinajstić information content (AvgIpc) is 2.95. The van der Waals surface area contributed by atoms with E-state index in [1.54, 1.807) is 12.1 Å². The highest BCUT2D eigenvalue weighted by molar-refractivity contribution is 5.26. The van der Waals surface area contributed by atoms with E-state index in [9.17, 15) is 9.90 Å². The summed E-state index contributed by atoms with van der Waals surface area (Å²) in [5.41, 5.74) is 4.76. The number of imidazole rings is 1. The van der Waals surface area contributed by atoms with Crippen molar-refractivity contribution >= 4 is 0 Å². The van der Waals surface area contributed by atoms with Gasteiger partial charge in [0, 0.05) is 18.4 Å². The van der Waals surface area contributed by atoms with E-state index in [2.05, 4.69) is 38.1 Å². The summed E-state index contributed by atoms with van der Waals surface area (Å²) >= 11 is 0. The third-order valence-electron chi connectivity index (χ3n) is 4.88. The summed E-state index contributed by atoms with van der Waals surface area (Å²) in [6.07, 6.45) is 5.75. The fourth-order valence-corrected chi connectivity index (χ4v) is 3.38. The van der Waals surface area contributed by atoms with E-state index in [1.165, 1.54) is 11.1 Å². The van der Waals surface area contributed by atoms with Crippen molar-refractivity contribution < 1.29 is 5.11 Å². The highest BCUT2D eigenvalue weighted by atomic mass is 16.3. The number of phenols is 1. The molecule has 0 aliphatic carbocycles. The van der Waals surface area contributed by atoms with Gasteiger partial charge in [-0.25, -0.2) is 4.79 Å². The largest absolute Gasteiger partial charge is 0.508 e. The Balaban J connectivity index is 1.72. The molecule has 27 heavy (non-hydrogen) atoms. The first-order valence-corrected chi connectivity index (χ1v) is 9.69. The first kappa shape index (κ1) is 19.0. The summed E-state index contributed by atoms with van der Waals surface area (Å²) in [5.74, 6) is 0.295. The molecule has 2 aromatic carbocycles. The van der Waals surface area contributed by atoms with Crippen molar-refractivity contribution in [3.05, 3.63) is 87.6 Å². The number of phenolic OH excluding ortho intramolecular Hbond substituents is 1. The molecular formula is C23H28N2O2. The van der Waals surface area contributed by atoms with Crippen LogP contribution in [0.5, 0.6) is 5.75 Å². The van der Waals surface area contributed by atoms with Crippen molar-refractivity contribution in [2.75, 3.05) is 0 Å². The van der Waals surface area contributed by atoms with Crippen LogP contribution in [0.15, 0.2) is 59.5 Å². The van der Waals surface area contributed by atoms with Gasteiger partial charge >= 0.3 is 5.69 Å². The molecule has 0 fully saturated rings. The number of aromatic hydroxyl groups is 1. The molecule has 1 N–H and O–H groups in total. The number of rotatable bonds is 8. The normalized spacial score (nSPS) is 11.0. The summed E-state index contributed by atoms with van der Waals surface area (Å²) in [6, 6.07) is 15.7. The molecule has 0 unspecified atom stereocenters. The second-order valence-corrected chi connectivity index (χ2v) is 7.19. The van der Waals surface area contributed by atoms with Gasteiger partial charge in [-0.3, -0.25) is 9.13 Å². The quantitative estimate of drug-likeness (QED) is 0.648. The highest BCUT2D eigenvalue weighted by Crippen LogP contribution is 2.13. The Morgan fingerprint density at radius 3 is 2.26 bits per heavy atom. The smallest absolute Gasteiger partial charge is 0.328 e. The summed E-state index contributed by atoms with van der Waals surface area (Å²) in [4.78, 5) is 12.8. The predicted octanol–water partition coefficient (Wildman–Crippen LogP) is 4.30. The summed E-state index contributed by atoms with van der Waals surface area (Å²) in [7, 11) is 0. The topological polar surface area (TPSA) is 47.2 Å². The number of aromatic nitrogens is 2. The van der Waals surface area contributed by atoms with Crippen LogP contribution in [-0.2, 0) is 25.9 Å². The summed E-state index contributed by atoms with van der Waals surface area (Å²) in [5, 5.41) is 9.38. The van der Waals surface area contributed by atoms with Gasteiger partial charge in [0.2, 0.25) is 0 Å². The molecule has 4 nitrogen and oxygen atoms in total. The minimum Gasteiger partial charge on any atom is -0.508 e. The predicted molar refractivity (Wildman–Crippen MR) is 109 cm³/mol. The van der Waals surface area contributed by atoms with Crippen LogP contribution in [-0.4, -0.2) is 14.2 Å². The number of nitrogens with zero attached hydrogens (tertiary/aromatic N) is 2. The van der Waals surface area contributed by atoms with Crippen molar-refractivity contribution in [1.29, 1.82) is 0 Å². The van der Waals surface area contributed by atoms with Crippen LogP contribution < -0.4 is 5.69 Å². The highest BCUT2D eigenvalue weighted by Gasteiger charge is 2.11. The first-order valence-electron chi connectivity index (χ1n) is 9.69. The van der Waals surface area contributed by atoms with Gasteiger partial charge in [-0.2, -0.15) is 0 Å². The first-order chi connectivity index (χ1) is 13.1. The molecule has 0 amide bonds. The third-order valence-corrected chi connectivity index (χ3v) is 4.88. The molecule has 0 saturated heterocycles. The molecule has 0 aliphatic heterocycles. The van der Waals surface area contributed by atoms with Crippen LogP contribution in [0.25, 0.3) is 0 Å². The number of aryl methyl sites for hydroxylation is 3. The lowest BCUT2D eigenvalue weighted by Crippen LogP contribution is -2.25. The van der Waals surface area contributed by atoms with Gasteiger partial charge in [0.1, 0.15) is 5.75 Å². The SMILES string of the molecule is CCCn1c(CCCc2ccc(O)cc2)cn(Cc2ccc(C)cc2)c1=O. The molecule has 3 aromatic rings. The maximum absolute atomic E-state index is 12.8. The zero-order chi connectivity index (χ0) is 19.2. The van der Waals surface area contributed by atoms with Gasteiger partial charge in [-0.05, 0) is 55.9 Å². The Morgan fingerprint density at radius 1 is 0.926 bits per heavy atom. The van der Waals surface area contributed by atoms with Gasteiger partial charge < -0.3 is 5.11 Å². The van der Waals surface area contributed by atoms with Gasteiger partial charge in [0.05, 0.1) is 6.54 Å². The molecule has 1 aromatic heterocycles. The van der Waals surface area contributed by atoms with E-state index in [0.717, 1.165) is 43.5 Å². The summed E-state index contributed by atoms with van der Waals surface area (Å²) < 4.78 is 3.75. The van der Waals surface area contributed by atoms with E-state index in [1.807, 2.05) is 27.5 Å². The minimum atomic E-state index is 0.0806. The Morgan fingerprint density at radius 2 is 1.59 bits per heavy atom. The average molecular weight is 364 g/mol. The second kappa shape index (κ2) is 8.76. The molecule has 0 aliphatic rings. The van der Waals surface area contributed by atoms with Crippen LogP contribution >= 0.6 is 0 Å². The molecule has 3 rings (SSSR count). The molecule has 4 heteroatoms. The molecule has 0 radical (unpaired) electrons. The monoisotopic (exact) mass is 364 g/mol. The Labute approximate surface area is 160 Å². The zero-order valence-electron chi connectivity index (χ0n) is 16.2. The maximum Gasteiger partial charge on any atom is 0.328 e. The van der Waals surface area contributed by atoms with Crippen LogP contribution in [0, 0.1) is 6.92 Å². The zero-order valence-corrected chi connectivity index (χ0v) is 16.2. The minimum absolute atomic E-state index is 0.0806. The molecular weight excluding hydrogens is 336 g/mol. The van der Waals surface area contributed by atoms with Gasteiger partial charge in [0.25, 0.3) is 0 Å². The lowest BCUT2D eigenvalue weighted by molar-refractivity contribution is 0.475. The Hall–Kier alpha value is -2.75. The Bertz CT molecular complexity index is 919. The van der Waals surface area contributed by atoms with Crippen LogP contribution in [0.1, 0.15) is 42.1 Å². The molecule has 0 atom stereocenters. The van der Waals surface area contributed by atoms with Crippen LogP contribution in [0.3, 0.4) is 0 Å². The van der Waals surface area contributed by atoms with Crippen molar-refractivity contribution in [3.63, 3.8) is 0 Å². The van der Waals surface area contributed by atoms with Crippen molar-refractivity contribution in [2.24, 2.45) is 0 Å². The van der Waals surface area contributed by atoms with E-state index in [-0.39, 0.29) is 5.69 Å².